The Morgan fingerprint density at radius 2 is 1.79 bits per heavy atom. The van der Waals surface area contributed by atoms with Crippen LogP contribution in [0.15, 0.2) is 0 Å². The summed E-state index contributed by atoms with van der Waals surface area (Å²) >= 11 is 0. The number of nitrogens with two attached hydrogens (primary N) is 1. The molecule has 2 saturated heterocycles. The molecule has 2 fully saturated rings. The molecule has 5 nitrogen and oxygen atoms in total. The van der Waals surface area contributed by atoms with Crippen molar-refractivity contribution < 1.29 is 9.59 Å². The molecule has 5 heteroatoms. The minimum atomic E-state index is -0.225. The molecular weight excluding hydrogens is 242 g/mol. The van der Waals surface area contributed by atoms with Gasteiger partial charge in [-0.3, -0.25) is 14.5 Å². The van der Waals surface area contributed by atoms with Gasteiger partial charge in [0.15, 0.2) is 0 Å². The van der Waals surface area contributed by atoms with E-state index in [1.165, 1.54) is 19.3 Å². The van der Waals surface area contributed by atoms with E-state index in [0.29, 0.717) is 25.7 Å². The van der Waals surface area contributed by atoms with Crippen molar-refractivity contribution in [3.05, 3.63) is 0 Å². The van der Waals surface area contributed by atoms with Crippen LogP contribution in [-0.2, 0) is 9.59 Å². The average Bonchev–Trinajstić information content (AvgIpc) is 2.41. The zero-order valence-electron chi connectivity index (χ0n) is 11.8. The second-order valence-electron chi connectivity index (χ2n) is 5.87. The van der Waals surface area contributed by atoms with E-state index in [-0.39, 0.29) is 17.7 Å². The molecule has 108 valence electrons. The smallest absolute Gasteiger partial charge is 0.236 e. The predicted octanol–water partition coefficient (Wildman–Crippen LogP) is 0.585. The maximum atomic E-state index is 12.3. The number of nitrogens with zero attached hydrogens (tertiary/aromatic N) is 2. The van der Waals surface area contributed by atoms with E-state index in [1.54, 1.807) is 0 Å². The van der Waals surface area contributed by atoms with Crippen LogP contribution in [0.1, 0.15) is 39.0 Å². The molecule has 2 N–H and O–H groups in total. The van der Waals surface area contributed by atoms with Crippen molar-refractivity contribution in [1.82, 2.24) is 9.80 Å². The molecule has 0 saturated carbocycles. The van der Waals surface area contributed by atoms with Gasteiger partial charge >= 0.3 is 0 Å². The first-order valence-corrected chi connectivity index (χ1v) is 7.39. The van der Waals surface area contributed by atoms with Crippen molar-refractivity contribution in [2.75, 3.05) is 26.2 Å². The second-order valence-corrected chi connectivity index (χ2v) is 5.87. The quantitative estimate of drug-likeness (QED) is 0.813. The molecule has 0 aromatic carbocycles. The highest BCUT2D eigenvalue weighted by molar-refractivity contribution is 5.80. The fourth-order valence-corrected chi connectivity index (χ4v) is 3.08. The van der Waals surface area contributed by atoms with Gasteiger partial charge < -0.3 is 10.6 Å². The number of carbonyl (C=O) groups excluding carboxylic acids is 2. The normalized spacial score (nSPS) is 26.4. The highest BCUT2D eigenvalue weighted by atomic mass is 16.2. The lowest BCUT2D eigenvalue weighted by Gasteiger charge is -2.36. The fourth-order valence-electron chi connectivity index (χ4n) is 3.08. The molecule has 0 radical (unpaired) electrons. The molecule has 2 rings (SSSR count). The van der Waals surface area contributed by atoms with Gasteiger partial charge in [-0.25, -0.2) is 0 Å². The Bertz CT molecular complexity index is 338. The summed E-state index contributed by atoms with van der Waals surface area (Å²) < 4.78 is 0. The summed E-state index contributed by atoms with van der Waals surface area (Å²) in [6.45, 7) is 5.11. The summed E-state index contributed by atoms with van der Waals surface area (Å²) in [5.74, 6) is -0.0635. The Morgan fingerprint density at radius 3 is 2.37 bits per heavy atom. The first kappa shape index (κ1) is 14.3. The third kappa shape index (κ3) is 3.69. The number of hydrogen-bond donors (Lipinski definition) is 1. The highest BCUT2D eigenvalue weighted by Gasteiger charge is 2.28. The van der Waals surface area contributed by atoms with Crippen LogP contribution >= 0.6 is 0 Å². The molecule has 1 atom stereocenters. The van der Waals surface area contributed by atoms with Crippen LogP contribution in [0.4, 0.5) is 0 Å². The van der Waals surface area contributed by atoms with E-state index in [4.69, 9.17) is 5.73 Å². The first-order chi connectivity index (χ1) is 9.08. The number of amides is 2. The van der Waals surface area contributed by atoms with Crippen LogP contribution in [-0.4, -0.2) is 53.8 Å². The van der Waals surface area contributed by atoms with Gasteiger partial charge in [0, 0.05) is 25.0 Å². The van der Waals surface area contributed by atoms with Crippen LogP contribution < -0.4 is 5.73 Å². The maximum absolute atomic E-state index is 12.3. The van der Waals surface area contributed by atoms with Gasteiger partial charge in [0.05, 0.1) is 6.54 Å². The van der Waals surface area contributed by atoms with Gasteiger partial charge in [-0.05, 0) is 39.2 Å². The molecule has 2 heterocycles. The third-order valence-electron chi connectivity index (χ3n) is 4.53. The van der Waals surface area contributed by atoms with Crippen molar-refractivity contribution in [3.8, 4) is 0 Å². The van der Waals surface area contributed by atoms with Gasteiger partial charge in [0.25, 0.3) is 0 Å². The van der Waals surface area contributed by atoms with E-state index >= 15 is 0 Å². The van der Waals surface area contributed by atoms with Gasteiger partial charge in [-0.1, -0.05) is 6.42 Å². The Balaban J connectivity index is 1.79. The van der Waals surface area contributed by atoms with E-state index in [0.717, 1.165) is 19.4 Å². The Labute approximate surface area is 115 Å². The Morgan fingerprint density at radius 1 is 1.11 bits per heavy atom. The van der Waals surface area contributed by atoms with Crippen LogP contribution in [0, 0.1) is 5.92 Å². The monoisotopic (exact) mass is 267 g/mol. The Hall–Kier alpha value is -1.10. The molecule has 2 amide bonds. The molecule has 0 aromatic rings. The zero-order chi connectivity index (χ0) is 13.8. The van der Waals surface area contributed by atoms with Gasteiger partial charge in [0.2, 0.25) is 11.8 Å². The molecule has 2 aliphatic rings. The van der Waals surface area contributed by atoms with Crippen LogP contribution in [0.2, 0.25) is 0 Å². The van der Waals surface area contributed by atoms with Gasteiger partial charge in [-0.2, -0.15) is 0 Å². The van der Waals surface area contributed by atoms with Crippen LogP contribution in [0.3, 0.4) is 0 Å². The first-order valence-electron chi connectivity index (χ1n) is 7.39. The number of rotatable bonds is 3. The van der Waals surface area contributed by atoms with Crippen molar-refractivity contribution in [3.63, 3.8) is 0 Å². The standard InChI is InChI=1S/C14H25N3O2/c1-11-4-2-3-7-17(11)10-13(18)16-8-5-12(6-9-16)14(15)19/h11-12H,2-10H2,1H3,(H2,15,19). The van der Waals surface area contributed by atoms with Gasteiger partial charge in [0.1, 0.15) is 0 Å². The predicted molar refractivity (Wildman–Crippen MR) is 73.4 cm³/mol. The molecule has 0 bridgehead atoms. The van der Waals surface area contributed by atoms with E-state index < -0.39 is 0 Å². The maximum Gasteiger partial charge on any atom is 0.236 e. The Kier molecular flexibility index (Phi) is 4.80. The van der Waals surface area contributed by atoms with Crippen molar-refractivity contribution >= 4 is 11.8 Å². The van der Waals surface area contributed by atoms with Crippen LogP contribution in [0.5, 0.6) is 0 Å². The zero-order valence-corrected chi connectivity index (χ0v) is 11.8. The minimum absolute atomic E-state index is 0.0436. The van der Waals surface area contributed by atoms with Crippen molar-refractivity contribution in [1.29, 1.82) is 0 Å². The number of piperidine rings is 2. The largest absolute Gasteiger partial charge is 0.369 e. The summed E-state index contributed by atoms with van der Waals surface area (Å²) in [5, 5.41) is 0. The highest BCUT2D eigenvalue weighted by Crippen LogP contribution is 2.19. The summed E-state index contributed by atoms with van der Waals surface area (Å²) in [5.41, 5.74) is 5.31. The summed E-state index contributed by atoms with van der Waals surface area (Å²) in [7, 11) is 0. The van der Waals surface area contributed by atoms with Crippen LogP contribution in [0.25, 0.3) is 0 Å². The fraction of sp³-hybridized carbons (Fsp3) is 0.857. The van der Waals surface area contributed by atoms with Crippen molar-refractivity contribution in [2.45, 2.75) is 45.1 Å². The molecule has 0 aliphatic carbocycles. The number of carbonyl (C=O) groups is 2. The third-order valence-corrected chi connectivity index (χ3v) is 4.53. The number of primary amides is 1. The lowest BCUT2D eigenvalue weighted by Crippen LogP contribution is -2.48. The molecule has 0 aromatic heterocycles. The lowest BCUT2D eigenvalue weighted by atomic mass is 9.96. The molecule has 0 spiro atoms. The molecule has 2 aliphatic heterocycles. The SMILES string of the molecule is CC1CCCCN1CC(=O)N1CCC(C(N)=O)CC1. The van der Waals surface area contributed by atoms with Gasteiger partial charge in [-0.15, -0.1) is 0 Å². The van der Waals surface area contributed by atoms with E-state index in [2.05, 4.69) is 11.8 Å². The number of likely N-dealkylation sites (tertiary alicyclic amines) is 2. The average molecular weight is 267 g/mol. The molecule has 19 heavy (non-hydrogen) atoms. The minimum Gasteiger partial charge on any atom is -0.369 e. The number of hydrogen-bond acceptors (Lipinski definition) is 3. The van der Waals surface area contributed by atoms with E-state index in [1.807, 2.05) is 4.90 Å². The van der Waals surface area contributed by atoms with E-state index in [9.17, 15) is 9.59 Å². The summed E-state index contributed by atoms with van der Waals surface area (Å²) in [6, 6.07) is 0.515. The summed E-state index contributed by atoms with van der Waals surface area (Å²) in [4.78, 5) is 27.5. The summed E-state index contributed by atoms with van der Waals surface area (Å²) in [6.07, 6.45) is 5.10. The molecule has 1 unspecified atom stereocenters. The second kappa shape index (κ2) is 6.37. The van der Waals surface area contributed by atoms with Crippen molar-refractivity contribution in [2.24, 2.45) is 11.7 Å². The molecular formula is C14H25N3O2. The lowest BCUT2D eigenvalue weighted by molar-refractivity contribution is -0.136. The topological polar surface area (TPSA) is 66.6 Å².